The number of anilines is 1. The van der Waals surface area contributed by atoms with Crippen LogP contribution in [-0.4, -0.2) is 27.6 Å². The van der Waals surface area contributed by atoms with Crippen molar-refractivity contribution in [3.8, 4) is 11.3 Å². The van der Waals surface area contributed by atoms with Crippen LogP contribution in [0.25, 0.3) is 22.3 Å². The predicted octanol–water partition coefficient (Wildman–Crippen LogP) is 1.94. The highest BCUT2D eigenvalue weighted by Gasteiger charge is 2.15. The van der Waals surface area contributed by atoms with Gasteiger partial charge in [0.2, 0.25) is 0 Å². The summed E-state index contributed by atoms with van der Waals surface area (Å²) in [7, 11) is 3.27. The Bertz CT molecular complexity index is 801. The molecule has 0 aliphatic carbocycles. The first-order chi connectivity index (χ1) is 9.60. The van der Waals surface area contributed by atoms with Gasteiger partial charge in [-0.25, -0.2) is 9.78 Å². The van der Waals surface area contributed by atoms with Gasteiger partial charge in [-0.05, 0) is 18.2 Å². The summed E-state index contributed by atoms with van der Waals surface area (Å²) in [6.45, 7) is 0. The standard InChI is InChI=1S/C14H14N4O2/c1-18-7-16-11-5-8(3-4-12(11)18)10-6-9(13(15)17-10)14(19)20-2/h3-7,17H,15H2,1-2H3. The first-order valence-electron chi connectivity index (χ1n) is 6.08. The Morgan fingerprint density at radius 3 is 2.95 bits per heavy atom. The molecule has 0 aliphatic heterocycles. The van der Waals surface area contributed by atoms with Crippen LogP contribution in [0.1, 0.15) is 10.4 Å². The zero-order valence-corrected chi connectivity index (χ0v) is 11.2. The molecular formula is C14H14N4O2. The van der Waals surface area contributed by atoms with Crippen molar-refractivity contribution in [3.63, 3.8) is 0 Å². The number of nitrogen functional groups attached to an aromatic ring is 1. The minimum atomic E-state index is -0.455. The smallest absolute Gasteiger partial charge is 0.341 e. The number of hydrogen-bond donors (Lipinski definition) is 2. The highest BCUT2D eigenvalue weighted by atomic mass is 16.5. The van der Waals surface area contributed by atoms with E-state index in [1.165, 1.54) is 7.11 Å². The number of carbonyl (C=O) groups excluding carboxylic acids is 1. The van der Waals surface area contributed by atoms with Gasteiger partial charge in [0.05, 0.1) is 24.5 Å². The number of aromatic amines is 1. The molecule has 0 bridgehead atoms. The molecule has 0 radical (unpaired) electrons. The minimum Gasteiger partial charge on any atom is -0.465 e. The monoisotopic (exact) mass is 270 g/mol. The molecule has 1 aromatic carbocycles. The topological polar surface area (TPSA) is 85.9 Å². The largest absolute Gasteiger partial charge is 0.465 e. The normalized spacial score (nSPS) is 10.9. The molecule has 20 heavy (non-hydrogen) atoms. The van der Waals surface area contributed by atoms with E-state index in [2.05, 4.69) is 14.7 Å². The summed E-state index contributed by atoms with van der Waals surface area (Å²) in [4.78, 5) is 18.9. The van der Waals surface area contributed by atoms with E-state index < -0.39 is 5.97 Å². The number of aryl methyl sites for hydroxylation is 1. The Labute approximate surface area is 115 Å². The second-order valence-electron chi connectivity index (χ2n) is 4.56. The molecule has 0 fully saturated rings. The van der Waals surface area contributed by atoms with E-state index in [0.717, 1.165) is 22.3 Å². The summed E-state index contributed by atoms with van der Waals surface area (Å²) in [6.07, 6.45) is 1.76. The molecule has 3 rings (SSSR count). The van der Waals surface area contributed by atoms with Gasteiger partial charge in [-0.2, -0.15) is 0 Å². The second-order valence-corrected chi connectivity index (χ2v) is 4.56. The lowest BCUT2D eigenvalue weighted by molar-refractivity contribution is 0.0602. The third-order valence-corrected chi connectivity index (χ3v) is 3.29. The number of aromatic nitrogens is 3. The molecular weight excluding hydrogens is 256 g/mol. The minimum absolute atomic E-state index is 0.299. The fourth-order valence-electron chi connectivity index (χ4n) is 2.21. The summed E-state index contributed by atoms with van der Waals surface area (Å²) in [5.74, 6) is -0.156. The second kappa shape index (κ2) is 4.41. The summed E-state index contributed by atoms with van der Waals surface area (Å²) >= 11 is 0. The number of benzene rings is 1. The molecule has 3 aromatic rings. The average Bonchev–Trinajstić information content (AvgIpc) is 3.02. The van der Waals surface area contributed by atoms with Gasteiger partial charge in [-0.15, -0.1) is 0 Å². The van der Waals surface area contributed by atoms with Crippen LogP contribution in [0.5, 0.6) is 0 Å². The Morgan fingerprint density at radius 2 is 2.20 bits per heavy atom. The molecule has 0 spiro atoms. The zero-order valence-electron chi connectivity index (χ0n) is 11.2. The van der Waals surface area contributed by atoms with Gasteiger partial charge < -0.3 is 20.0 Å². The predicted molar refractivity (Wildman–Crippen MR) is 76.3 cm³/mol. The van der Waals surface area contributed by atoms with Crippen LogP contribution in [0.4, 0.5) is 5.82 Å². The van der Waals surface area contributed by atoms with Crippen molar-refractivity contribution < 1.29 is 9.53 Å². The Kier molecular flexibility index (Phi) is 2.71. The van der Waals surface area contributed by atoms with E-state index >= 15 is 0 Å². The van der Waals surface area contributed by atoms with Crippen molar-refractivity contribution in [2.45, 2.75) is 0 Å². The highest BCUT2D eigenvalue weighted by Crippen LogP contribution is 2.26. The van der Waals surface area contributed by atoms with Gasteiger partial charge in [-0.1, -0.05) is 6.07 Å². The Morgan fingerprint density at radius 1 is 1.40 bits per heavy atom. The molecule has 0 aliphatic rings. The first-order valence-corrected chi connectivity index (χ1v) is 6.08. The average molecular weight is 270 g/mol. The van der Waals surface area contributed by atoms with Gasteiger partial charge in [0.15, 0.2) is 0 Å². The maximum atomic E-state index is 11.6. The van der Waals surface area contributed by atoms with Gasteiger partial charge >= 0.3 is 5.97 Å². The molecule has 2 aromatic heterocycles. The van der Waals surface area contributed by atoms with Crippen molar-refractivity contribution in [3.05, 3.63) is 36.2 Å². The van der Waals surface area contributed by atoms with Crippen LogP contribution >= 0.6 is 0 Å². The number of rotatable bonds is 2. The van der Waals surface area contributed by atoms with Crippen LogP contribution in [0, 0.1) is 0 Å². The summed E-state index contributed by atoms with van der Waals surface area (Å²) in [6, 6.07) is 7.57. The number of fused-ring (bicyclic) bond motifs is 1. The molecule has 0 atom stereocenters. The molecule has 3 N–H and O–H groups in total. The molecule has 2 heterocycles. The molecule has 0 unspecified atom stereocenters. The van der Waals surface area contributed by atoms with E-state index in [1.807, 2.05) is 29.8 Å². The van der Waals surface area contributed by atoms with Crippen molar-refractivity contribution in [1.29, 1.82) is 0 Å². The Balaban J connectivity index is 2.08. The number of methoxy groups -OCH3 is 1. The van der Waals surface area contributed by atoms with E-state index in [1.54, 1.807) is 12.4 Å². The van der Waals surface area contributed by atoms with Crippen LogP contribution in [0.15, 0.2) is 30.6 Å². The molecule has 6 nitrogen and oxygen atoms in total. The van der Waals surface area contributed by atoms with E-state index in [4.69, 9.17) is 5.73 Å². The summed E-state index contributed by atoms with van der Waals surface area (Å²) < 4.78 is 6.63. The lowest BCUT2D eigenvalue weighted by atomic mass is 10.1. The van der Waals surface area contributed by atoms with Gasteiger partial charge in [0, 0.05) is 18.3 Å². The maximum Gasteiger partial charge on any atom is 0.341 e. The summed E-state index contributed by atoms with van der Waals surface area (Å²) in [5.41, 5.74) is 9.74. The SMILES string of the molecule is COC(=O)c1cc(-c2ccc3c(c2)ncn3C)[nH]c1N. The molecule has 0 amide bonds. The van der Waals surface area contributed by atoms with Gasteiger partial charge in [-0.3, -0.25) is 0 Å². The Hall–Kier alpha value is -2.76. The molecule has 0 saturated carbocycles. The third kappa shape index (κ3) is 1.82. The number of imidazole rings is 1. The van der Waals surface area contributed by atoms with Crippen molar-refractivity contribution in [2.24, 2.45) is 7.05 Å². The lowest BCUT2D eigenvalue weighted by Crippen LogP contribution is -2.02. The summed E-state index contributed by atoms with van der Waals surface area (Å²) in [5, 5.41) is 0. The van der Waals surface area contributed by atoms with Crippen LogP contribution in [0.3, 0.4) is 0 Å². The lowest BCUT2D eigenvalue weighted by Gasteiger charge is -1.99. The van der Waals surface area contributed by atoms with E-state index in [-0.39, 0.29) is 0 Å². The third-order valence-electron chi connectivity index (χ3n) is 3.29. The number of hydrogen-bond acceptors (Lipinski definition) is 4. The van der Waals surface area contributed by atoms with Crippen LogP contribution in [-0.2, 0) is 11.8 Å². The zero-order chi connectivity index (χ0) is 14.3. The number of nitrogens with zero attached hydrogens (tertiary/aromatic N) is 2. The highest BCUT2D eigenvalue weighted by molar-refractivity contribution is 5.96. The van der Waals surface area contributed by atoms with Crippen molar-refractivity contribution >= 4 is 22.8 Å². The number of carbonyl (C=O) groups is 1. The fourth-order valence-corrected chi connectivity index (χ4v) is 2.21. The maximum absolute atomic E-state index is 11.6. The van der Waals surface area contributed by atoms with Crippen LogP contribution in [0.2, 0.25) is 0 Å². The van der Waals surface area contributed by atoms with Gasteiger partial charge in [0.1, 0.15) is 11.4 Å². The number of nitrogens with one attached hydrogen (secondary N) is 1. The number of esters is 1. The molecule has 102 valence electrons. The van der Waals surface area contributed by atoms with E-state index in [0.29, 0.717) is 11.4 Å². The quantitative estimate of drug-likeness (QED) is 0.697. The fraction of sp³-hybridized carbons (Fsp3) is 0.143. The van der Waals surface area contributed by atoms with Gasteiger partial charge in [0.25, 0.3) is 0 Å². The first kappa shape index (κ1) is 12.3. The van der Waals surface area contributed by atoms with Crippen molar-refractivity contribution in [2.75, 3.05) is 12.8 Å². The molecule has 0 saturated heterocycles. The number of ether oxygens (including phenoxy) is 1. The van der Waals surface area contributed by atoms with E-state index in [9.17, 15) is 4.79 Å². The number of nitrogens with two attached hydrogens (primary N) is 1. The van der Waals surface area contributed by atoms with Crippen LogP contribution < -0.4 is 5.73 Å². The number of H-pyrrole nitrogens is 1. The van der Waals surface area contributed by atoms with Crippen molar-refractivity contribution in [1.82, 2.24) is 14.5 Å². The molecule has 6 heteroatoms.